The summed E-state index contributed by atoms with van der Waals surface area (Å²) in [6.45, 7) is 8.73. The molecular weight excluding hydrogens is 1110 g/mol. The molecule has 11 atom stereocenters. The molecule has 8 amide bonds. The van der Waals surface area contributed by atoms with Crippen LogP contribution in [-0.4, -0.2) is 170 Å². The van der Waals surface area contributed by atoms with Crippen LogP contribution in [0.3, 0.4) is 0 Å². The second kappa shape index (κ2) is 37.1. The number of hydrogen-bond donors (Lipinski definition) is 14. The molecule has 1 heterocycles. The molecule has 0 unspecified atom stereocenters. The number of aliphatic hydroxyl groups is 1. The summed E-state index contributed by atoms with van der Waals surface area (Å²) in [7, 11) is 0. The minimum Gasteiger partial charge on any atom is -0.480 e. The molecule has 0 aliphatic carbocycles. The number of amides is 8. The maximum Gasteiger partial charge on any atom is 0.326 e. The molecule has 458 valence electrons. The topological polar surface area (TPSA) is 409 Å². The smallest absolute Gasteiger partial charge is 0.326 e. The van der Waals surface area contributed by atoms with Crippen molar-refractivity contribution in [3.63, 3.8) is 0 Å². The molecule has 0 saturated carbocycles. The summed E-state index contributed by atoms with van der Waals surface area (Å²) in [6.07, 6.45) is 5.90. The lowest BCUT2D eigenvalue weighted by Gasteiger charge is -2.30. The van der Waals surface area contributed by atoms with E-state index in [1.165, 1.54) is 43.0 Å². The Hall–Kier alpha value is -7.23. The van der Waals surface area contributed by atoms with Gasteiger partial charge in [0.05, 0.1) is 18.5 Å². The van der Waals surface area contributed by atoms with Crippen molar-refractivity contribution in [2.24, 2.45) is 34.0 Å². The molecule has 0 fully saturated rings. The van der Waals surface area contributed by atoms with E-state index in [0.29, 0.717) is 41.2 Å². The number of carbonyl (C=O) groups excluding carboxylic acids is 8. The number of rotatable bonds is 38. The zero-order valence-corrected chi connectivity index (χ0v) is 50.0. The lowest BCUT2D eigenvalue weighted by molar-refractivity contribution is -0.142. The van der Waals surface area contributed by atoms with Gasteiger partial charge in [-0.3, -0.25) is 43.3 Å². The van der Waals surface area contributed by atoms with E-state index in [0.717, 1.165) is 0 Å². The zero-order chi connectivity index (χ0) is 61.6. The summed E-state index contributed by atoms with van der Waals surface area (Å²) in [5, 5.41) is 42.6. The molecule has 0 aliphatic heterocycles. The fourth-order valence-corrected chi connectivity index (χ4v) is 9.47. The van der Waals surface area contributed by atoms with Gasteiger partial charge >= 0.3 is 5.97 Å². The Kier molecular flexibility index (Phi) is 31.3. The van der Waals surface area contributed by atoms with Gasteiger partial charge in [-0.2, -0.15) is 23.5 Å². The highest BCUT2D eigenvalue weighted by Gasteiger charge is 2.37. The average molecular weight is 1200 g/mol. The first-order valence-corrected chi connectivity index (χ1v) is 30.4. The van der Waals surface area contributed by atoms with Gasteiger partial charge in [-0.1, -0.05) is 94.8 Å². The highest BCUT2D eigenvalue weighted by molar-refractivity contribution is 7.98. The number of carboxylic acid groups (broad SMARTS) is 1. The molecule has 83 heavy (non-hydrogen) atoms. The quantitative estimate of drug-likeness (QED) is 0.0200. The number of aliphatic hydroxyl groups excluding tert-OH is 1. The predicted octanol–water partition coefficient (Wildman–Crippen LogP) is -0.239. The van der Waals surface area contributed by atoms with Gasteiger partial charge in [0.15, 0.2) is 5.96 Å². The first-order chi connectivity index (χ1) is 39.5. The van der Waals surface area contributed by atoms with Crippen LogP contribution in [0.1, 0.15) is 90.0 Å². The second-order valence-electron chi connectivity index (χ2n) is 20.7. The standard InChI is InChI=1S/C56H86N14O11S2/c1-8-33(4)45(69-48(73)39(21-24-82-6)63-47(72)38(57)20-15-23-61-56(58)59)53(78)66-41(26-32(2)3)50(75)64-40(22-25-83-7)49(74)70-46(34(5)71)54(79)67-43(29-37-30-60-31-62-37)52(77)65-42(27-35-16-11-9-12-17-35)51(76)68-44(55(80)81)28-36-18-13-10-14-19-36/h9-14,16-19,30-34,38-46,71H,8,15,20-29,57H2,1-7H3,(H,60,62)(H,63,72)(H,64,75)(H,65,77)(H,66,78)(H,67,79)(H,68,76)(H,69,73)(H,70,74)(H,80,81)(H4,58,59,61)/t33-,34+,38-,39-,40-,41-,42-,43-,44-,45-,46-/m0/s1. The third kappa shape index (κ3) is 25.4. The molecule has 0 radical (unpaired) electrons. The number of hydrogen-bond acceptors (Lipinski definition) is 15. The molecule has 3 aromatic rings. The van der Waals surface area contributed by atoms with Gasteiger partial charge in [0, 0.05) is 37.7 Å². The number of carboxylic acids is 1. The van der Waals surface area contributed by atoms with E-state index >= 15 is 0 Å². The zero-order valence-electron chi connectivity index (χ0n) is 48.4. The lowest BCUT2D eigenvalue weighted by atomic mass is 9.96. The normalized spacial score (nSPS) is 15.2. The van der Waals surface area contributed by atoms with Gasteiger partial charge in [-0.25, -0.2) is 9.78 Å². The summed E-state index contributed by atoms with van der Waals surface area (Å²) in [4.78, 5) is 136. The minimum atomic E-state index is -1.71. The van der Waals surface area contributed by atoms with Crippen molar-refractivity contribution in [3.05, 3.63) is 90.0 Å². The van der Waals surface area contributed by atoms with Crippen LogP contribution in [0.25, 0.3) is 0 Å². The third-order valence-corrected chi connectivity index (χ3v) is 14.7. The van der Waals surface area contributed by atoms with Crippen LogP contribution >= 0.6 is 23.5 Å². The molecule has 3 rings (SSSR count). The van der Waals surface area contributed by atoms with E-state index in [9.17, 15) is 53.4 Å². The largest absolute Gasteiger partial charge is 0.480 e. The molecular formula is C56H86N14O11S2. The number of imidazole rings is 1. The number of aliphatic carboxylic acids is 1. The van der Waals surface area contributed by atoms with Gasteiger partial charge in [-0.15, -0.1) is 0 Å². The molecule has 0 bridgehead atoms. The van der Waals surface area contributed by atoms with Crippen molar-refractivity contribution >= 4 is 82.7 Å². The third-order valence-electron chi connectivity index (χ3n) is 13.4. The number of guanidine groups is 1. The summed E-state index contributed by atoms with van der Waals surface area (Å²) in [5.41, 5.74) is 18.6. The second-order valence-corrected chi connectivity index (χ2v) is 22.7. The van der Waals surface area contributed by atoms with Gasteiger partial charge in [-0.05, 0) is 86.0 Å². The summed E-state index contributed by atoms with van der Waals surface area (Å²) in [6, 6.07) is 5.69. The van der Waals surface area contributed by atoms with Crippen molar-refractivity contribution in [2.75, 3.05) is 30.6 Å². The monoisotopic (exact) mass is 1190 g/mol. The molecule has 0 saturated heterocycles. The SMILES string of the molecule is CC[C@H](C)[C@H](NC(=O)[C@H](CCSC)NC(=O)[C@@H](N)CCCN=C(N)N)C(=O)N[C@@H](CC(C)C)C(=O)N[C@@H](CCSC)C(=O)N[C@H](C(=O)N[C@@H](Cc1cnc[nH]1)C(=O)N[C@@H](Cc1ccccc1)C(=O)N[C@@H](Cc1ccccc1)C(=O)O)[C@@H](C)O. The molecule has 17 N–H and O–H groups in total. The Balaban J connectivity index is 1.86. The maximum absolute atomic E-state index is 14.4. The van der Waals surface area contributed by atoms with Crippen molar-refractivity contribution in [1.29, 1.82) is 0 Å². The maximum atomic E-state index is 14.4. The summed E-state index contributed by atoms with van der Waals surface area (Å²) in [5.74, 6) is -7.43. The Morgan fingerprint density at radius 3 is 1.52 bits per heavy atom. The first kappa shape index (κ1) is 70.0. The summed E-state index contributed by atoms with van der Waals surface area (Å²) < 4.78 is 0. The van der Waals surface area contributed by atoms with Crippen LogP contribution in [0.15, 0.2) is 78.2 Å². The molecule has 0 aliphatic rings. The Bertz CT molecular complexity index is 2560. The lowest BCUT2D eigenvalue weighted by Crippen LogP contribution is -2.62. The Morgan fingerprint density at radius 1 is 0.590 bits per heavy atom. The van der Waals surface area contributed by atoms with Crippen LogP contribution in [0, 0.1) is 11.8 Å². The molecule has 27 heteroatoms. The van der Waals surface area contributed by atoms with Crippen molar-refractivity contribution < 1.29 is 53.4 Å². The van der Waals surface area contributed by atoms with Crippen LogP contribution in [0.2, 0.25) is 0 Å². The van der Waals surface area contributed by atoms with Crippen molar-refractivity contribution in [2.45, 2.75) is 153 Å². The fraction of sp³-hybridized carbons (Fsp3) is 0.554. The van der Waals surface area contributed by atoms with Crippen LogP contribution in [0.5, 0.6) is 0 Å². The number of thioether (sulfide) groups is 2. The first-order valence-electron chi connectivity index (χ1n) is 27.7. The summed E-state index contributed by atoms with van der Waals surface area (Å²) >= 11 is 2.82. The van der Waals surface area contributed by atoms with E-state index < -0.39 is 120 Å². The number of aliphatic imine (C=N–C) groups is 1. The number of aromatic nitrogens is 2. The highest BCUT2D eigenvalue weighted by atomic mass is 32.2. The van der Waals surface area contributed by atoms with E-state index in [1.54, 1.807) is 73.8 Å². The predicted molar refractivity (Wildman–Crippen MR) is 320 cm³/mol. The highest BCUT2D eigenvalue weighted by Crippen LogP contribution is 2.15. The number of aromatic amines is 1. The molecule has 1 aromatic heterocycles. The number of nitrogens with zero attached hydrogens (tertiary/aromatic N) is 2. The van der Waals surface area contributed by atoms with Crippen LogP contribution < -0.4 is 59.7 Å². The van der Waals surface area contributed by atoms with E-state index in [1.807, 2.05) is 27.0 Å². The minimum absolute atomic E-state index is 0.0354. The van der Waals surface area contributed by atoms with E-state index in [-0.39, 0.29) is 63.4 Å². The van der Waals surface area contributed by atoms with E-state index in [2.05, 4.69) is 57.5 Å². The van der Waals surface area contributed by atoms with Crippen molar-refractivity contribution in [1.82, 2.24) is 52.5 Å². The average Bonchev–Trinajstić information content (AvgIpc) is 4.08. The number of benzene rings is 2. The molecule has 2 aromatic carbocycles. The van der Waals surface area contributed by atoms with E-state index in [4.69, 9.17) is 17.2 Å². The van der Waals surface area contributed by atoms with Gasteiger partial charge in [0.25, 0.3) is 0 Å². The Labute approximate surface area is 494 Å². The van der Waals surface area contributed by atoms with Crippen LogP contribution in [-0.2, 0) is 62.4 Å². The van der Waals surface area contributed by atoms with Crippen molar-refractivity contribution in [3.8, 4) is 0 Å². The number of H-pyrrole nitrogens is 1. The molecule has 0 spiro atoms. The van der Waals surface area contributed by atoms with Gasteiger partial charge in [0.1, 0.15) is 48.3 Å². The fourth-order valence-electron chi connectivity index (χ4n) is 8.53. The number of carbonyl (C=O) groups is 9. The number of nitrogens with two attached hydrogens (primary N) is 3. The van der Waals surface area contributed by atoms with Crippen LogP contribution in [0.4, 0.5) is 0 Å². The molecule has 25 nitrogen and oxygen atoms in total. The van der Waals surface area contributed by atoms with Gasteiger partial charge < -0.3 is 74.9 Å². The number of nitrogens with one attached hydrogen (secondary N) is 9. The Morgan fingerprint density at radius 2 is 1.04 bits per heavy atom. The van der Waals surface area contributed by atoms with Gasteiger partial charge in [0.2, 0.25) is 47.3 Å².